The van der Waals surface area contributed by atoms with Crippen LogP contribution in [0.1, 0.15) is 125 Å². The Morgan fingerprint density at radius 2 is 1.45 bits per heavy atom. The highest BCUT2D eigenvalue weighted by Crippen LogP contribution is 2.40. The van der Waals surface area contributed by atoms with E-state index in [1.165, 1.54) is 75.3 Å². The van der Waals surface area contributed by atoms with Crippen LogP contribution in [0.3, 0.4) is 0 Å². The first-order valence-electron chi connectivity index (χ1n) is 15.1. The Hall–Kier alpha value is -2.80. The third-order valence-corrected chi connectivity index (χ3v) is 7.89. The number of nitriles is 1. The number of carbonyl (C=O) groups excluding carboxylic acids is 1. The molecule has 0 heterocycles. The molecule has 0 spiro atoms. The predicted molar refractivity (Wildman–Crippen MR) is 155 cm³/mol. The maximum Gasteiger partial charge on any atom is 0.343 e. The first-order chi connectivity index (χ1) is 18.6. The number of unbranched alkanes of at least 4 members (excludes halogenated alkanes) is 10. The van der Waals surface area contributed by atoms with E-state index in [1.54, 1.807) is 12.1 Å². The molecule has 0 aromatic heterocycles. The lowest BCUT2D eigenvalue weighted by Gasteiger charge is -2.32. The molecule has 0 aliphatic heterocycles. The quantitative estimate of drug-likeness (QED) is 0.119. The molecule has 38 heavy (non-hydrogen) atoms. The molecule has 1 aliphatic rings. The molecule has 206 valence electrons. The topological polar surface area (TPSA) is 59.3 Å². The standard InChI is InChI=1S/C34H47NO3/c1-3-5-7-9-11-13-22-34(27-35)23-21-29-25-32(20-17-30(29)26-34)38-33(36)28-15-18-31(19-16-28)37-24-14-12-10-8-6-4-2/h15-20,25H,3-14,21-24,26H2,1-2H3. The molecular weight excluding hydrogens is 470 g/mol. The lowest BCUT2D eigenvalue weighted by atomic mass is 9.70. The van der Waals surface area contributed by atoms with Crippen LogP contribution in [0.2, 0.25) is 0 Å². The second-order valence-electron chi connectivity index (χ2n) is 11.0. The zero-order chi connectivity index (χ0) is 27.1. The average molecular weight is 518 g/mol. The predicted octanol–water partition coefficient (Wildman–Crippen LogP) is 9.39. The molecule has 2 aromatic carbocycles. The van der Waals surface area contributed by atoms with Gasteiger partial charge in [-0.3, -0.25) is 0 Å². The van der Waals surface area contributed by atoms with E-state index in [0.29, 0.717) is 17.9 Å². The van der Waals surface area contributed by atoms with Crippen molar-refractivity contribution in [3.05, 3.63) is 59.2 Å². The van der Waals surface area contributed by atoms with Gasteiger partial charge >= 0.3 is 5.97 Å². The van der Waals surface area contributed by atoms with Crippen molar-refractivity contribution in [2.45, 2.75) is 117 Å². The van der Waals surface area contributed by atoms with Crippen molar-refractivity contribution in [2.24, 2.45) is 5.41 Å². The molecule has 4 heteroatoms. The summed E-state index contributed by atoms with van der Waals surface area (Å²) >= 11 is 0. The number of fused-ring (bicyclic) bond motifs is 1. The molecule has 0 bridgehead atoms. The number of hydrogen-bond acceptors (Lipinski definition) is 4. The summed E-state index contributed by atoms with van der Waals surface area (Å²) in [5.41, 5.74) is 2.67. The summed E-state index contributed by atoms with van der Waals surface area (Å²) in [5.74, 6) is 0.987. The lowest BCUT2D eigenvalue weighted by molar-refractivity contribution is 0.0734. The van der Waals surface area contributed by atoms with Gasteiger partial charge in [0.15, 0.2) is 0 Å². The molecule has 2 aromatic rings. The van der Waals surface area contributed by atoms with E-state index in [1.807, 2.05) is 30.3 Å². The van der Waals surface area contributed by atoms with Crippen LogP contribution in [-0.2, 0) is 12.8 Å². The van der Waals surface area contributed by atoms with Crippen LogP contribution in [0.5, 0.6) is 11.5 Å². The summed E-state index contributed by atoms with van der Waals surface area (Å²) in [6.45, 7) is 5.17. The molecular formula is C34H47NO3. The Balaban J connectivity index is 1.46. The normalized spacial score (nSPS) is 16.4. The first-order valence-corrected chi connectivity index (χ1v) is 15.1. The molecule has 0 saturated heterocycles. The first kappa shape index (κ1) is 29.8. The number of esters is 1. The summed E-state index contributed by atoms with van der Waals surface area (Å²) < 4.78 is 11.5. The van der Waals surface area contributed by atoms with Gasteiger partial charge in [-0.25, -0.2) is 4.79 Å². The van der Waals surface area contributed by atoms with Crippen molar-refractivity contribution in [2.75, 3.05) is 6.61 Å². The largest absolute Gasteiger partial charge is 0.494 e. The molecule has 0 saturated carbocycles. The Morgan fingerprint density at radius 1 is 0.816 bits per heavy atom. The molecule has 0 fully saturated rings. The fraction of sp³-hybridized carbons (Fsp3) is 0.588. The number of hydrogen-bond donors (Lipinski definition) is 0. The highest BCUT2D eigenvalue weighted by atomic mass is 16.5. The number of nitrogens with zero attached hydrogens (tertiary/aromatic N) is 1. The average Bonchev–Trinajstić information content (AvgIpc) is 2.94. The maximum absolute atomic E-state index is 12.7. The molecule has 1 atom stereocenters. The van der Waals surface area contributed by atoms with Crippen molar-refractivity contribution >= 4 is 5.97 Å². The molecule has 0 amide bonds. The van der Waals surface area contributed by atoms with Gasteiger partial charge in [0.2, 0.25) is 0 Å². The summed E-state index contributed by atoms with van der Waals surface area (Å²) in [7, 11) is 0. The van der Waals surface area contributed by atoms with Crippen LogP contribution >= 0.6 is 0 Å². The second kappa shape index (κ2) is 16.2. The summed E-state index contributed by atoms with van der Waals surface area (Å²) in [5, 5.41) is 10.00. The van der Waals surface area contributed by atoms with E-state index in [9.17, 15) is 10.1 Å². The van der Waals surface area contributed by atoms with Gasteiger partial charge < -0.3 is 9.47 Å². The maximum atomic E-state index is 12.7. The highest BCUT2D eigenvalue weighted by Gasteiger charge is 2.34. The van der Waals surface area contributed by atoms with Gasteiger partial charge in [0, 0.05) is 0 Å². The second-order valence-corrected chi connectivity index (χ2v) is 11.0. The van der Waals surface area contributed by atoms with Gasteiger partial charge in [-0.15, -0.1) is 0 Å². The Labute approximate surface area is 230 Å². The number of carbonyl (C=O) groups is 1. The van der Waals surface area contributed by atoms with Gasteiger partial charge in [-0.2, -0.15) is 5.26 Å². The van der Waals surface area contributed by atoms with Crippen LogP contribution in [-0.4, -0.2) is 12.6 Å². The third kappa shape index (κ3) is 9.50. The number of aryl methyl sites for hydroxylation is 1. The number of rotatable bonds is 17. The minimum absolute atomic E-state index is 0.255. The van der Waals surface area contributed by atoms with Crippen LogP contribution in [0.15, 0.2) is 42.5 Å². The molecule has 0 radical (unpaired) electrons. The SMILES string of the molecule is CCCCCCCCOc1ccc(C(=O)Oc2ccc3c(c2)CCC(C#N)(CCCCCCCC)C3)cc1. The van der Waals surface area contributed by atoms with E-state index < -0.39 is 0 Å². The minimum Gasteiger partial charge on any atom is -0.494 e. The van der Waals surface area contributed by atoms with E-state index >= 15 is 0 Å². The van der Waals surface area contributed by atoms with E-state index in [-0.39, 0.29) is 11.4 Å². The van der Waals surface area contributed by atoms with Gasteiger partial charge in [-0.05, 0) is 79.6 Å². The third-order valence-electron chi connectivity index (χ3n) is 7.89. The van der Waals surface area contributed by atoms with Crippen molar-refractivity contribution in [3.8, 4) is 17.6 Å². The lowest BCUT2D eigenvalue weighted by Crippen LogP contribution is -2.27. The fourth-order valence-corrected chi connectivity index (χ4v) is 5.43. The Morgan fingerprint density at radius 3 is 2.13 bits per heavy atom. The van der Waals surface area contributed by atoms with Gasteiger partial charge in [0.05, 0.1) is 23.7 Å². The zero-order valence-electron chi connectivity index (χ0n) is 23.7. The van der Waals surface area contributed by atoms with E-state index in [2.05, 4.69) is 19.9 Å². The summed E-state index contributed by atoms with van der Waals surface area (Å²) in [6, 6.07) is 15.8. The summed E-state index contributed by atoms with van der Waals surface area (Å²) in [6.07, 6.45) is 18.4. The van der Waals surface area contributed by atoms with Gasteiger partial charge in [0.25, 0.3) is 0 Å². The highest BCUT2D eigenvalue weighted by molar-refractivity contribution is 5.91. The summed E-state index contributed by atoms with van der Waals surface area (Å²) in [4.78, 5) is 12.7. The number of benzene rings is 2. The van der Waals surface area contributed by atoms with Crippen molar-refractivity contribution in [3.63, 3.8) is 0 Å². The smallest absolute Gasteiger partial charge is 0.343 e. The molecule has 1 aliphatic carbocycles. The van der Waals surface area contributed by atoms with E-state index in [4.69, 9.17) is 9.47 Å². The monoisotopic (exact) mass is 517 g/mol. The van der Waals surface area contributed by atoms with Gasteiger partial charge in [-0.1, -0.05) is 90.5 Å². The van der Waals surface area contributed by atoms with Crippen molar-refractivity contribution in [1.29, 1.82) is 5.26 Å². The minimum atomic E-state index is -0.363. The van der Waals surface area contributed by atoms with Crippen molar-refractivity contribution in [1.82, 2.24) is 0 Å². The number of ether oxygens (including phenoxy) is 2. The van der Waals surface area contributed by atoms with Crippen LogP contribution in [0, 0.1) is 16.7 Å². The molecule has 1 unspecified atom stereocenters. The zero-order valence-corrected chi connectivity index (χ0v) is 23.7. The van der Waals surface area contributed by atoms with Crippen LogP contribution < -0.4 is 9.47 Å². The van der Waals surface area contributed by atoms with Crippen LogP contribution in [0.25, 0.3) is 0 Å². The molecule has 0 N–H and O–H groups in total. The molecule has 4 nitrogen and oxygen atoms in total. The Bertz CT molecular complexity index is 1020. The van der Waals surface area contributed by atoms with Gasteiger partial charge in [0.1, 0.15) is 11.5 Å². The fourth-order valence-electron chi connectivity index (χ4n) is 5.43. The van der Waals surface area contributed by atoms with Crippen molar-refractivity contribution < 1.29 is 14.3 Å². The molecule has 3 rings (SSSR count). The van der Waals surface area contributed by atoms with E-state index in [0.717, 1.165) is 44.3 Å². The van der Waals surface area contributed by atoms with Crippen LogP contribution in [0.4, 0.5) is 0 Å². The Kier molecular flexibility index (Phi) is 12.7.